The molecule has 6 nitrogen and oxygen atoms in total. The van der Waals surface area contributed by atoms with Gasteiger partial charge < -0.3 is 9.84 Å². The molecule has 6 heteroatoms. The molecule has 0 aliphatic carbocycles. The highest BCUT2D eigenvalue weighted by molar-refractivity contribution is 5.69. The lowest BCUT2D eigenvalue weighted by atomic mass is 10.1. The predicted octanol–water partition coefficient (Wildman–Crippen LogP) is -1.15. The minimum absolute atomic E-state index is 0.121. The van der Waals surface area contributed by atoms with E-state index in [2.05, 4.69) is 0 Å². The first-order chi connectivity index (χ1) is 7.57. The number of ether oxygens (including phenoxy) is 1. The Bertz CT molecular complexity index is 580. The average molecular weight is 224 g/mol. The maximum atomic E-state index is 11.8. The van der Waals surface area contributed by atoms with E-state index in [0.717, 1.165) is 4.57 Å². The van der Waals surface area contributed by atoms with Gasteiger partial charge in [-0.3, -0.25) is 13.9 Å². The van der Waals surface area contributed by atoms with Crippen molar-refractivity contribution in [3.8, 4) is 5.75 Å². The fraction of sp³-hybridized carbons (Fsp3) is 0.400. The molecule has 0 unspecified atom stereocenters. The van der Waals surface area contributed by atoms with Crippen LogP contribution >= 0.6 is 0 Å². The van der Waals surface area contributed by atoms with Crippen molar-refractivity contribution in [1.29, 1.82) is 0 Å². The van der Waals surface area contributed by atoms with Crippen molar-refractivity contribution >= 4 is 5.57 Å². The van der Waals surface area contributed by atoms with E-state index in [9.17, 15) is 9.59 Å². The number of nitrogens with zero attached hydrogens (tertiary/aromatic N) is 2. The Kier molecular flexibility index (Phi) is 2.43. The Balaban J connectivity index is 2.89. The zero-order chi connectivity index (χ0) is 11.9. The Labute approximate surface area is 91.0 Å². The summed E-state index contributed by atoms with van der Waals surface area (Å²) >= 11 is 0. The molecule has 86 valence electrons. The minimum Gasteiger partial charge on any atom is -0.482 e. The maximum Gasteiger partial charge on any atom is 0.331 e. The highest BCUT2D eigenvalue weighted by Crippen LogP contribution is 2.24. The molecule has 2 rings (SSSR count). The lowest BCUT2D eigenvalue weighted by Crippen LogP contribution is -2.40. The summed E-state index contributed by atoms with van der Waals surface area (Å²) < 4.78 is 7.51. The third-order valence-electron chi connectivity index (χ3n) is 2.66. The lowest BCUT2D eigenvalue weighted by molar-refractivity contribution is 0.322. The van der Waals surface area contributed by atoms with Crippen molar-refractivity contribution in [1.82, 2.24) is 9.13 Å². The van der Waals surface area contributed by atoms with Crippen LogP contribution in [0.15, 0.2) is 15.7 Å². The van der Waals surface area contributed by atoms with Gasteiger partial charge in [0, 0.05) is 19.7 Å². The molecule has 0 saturated carbocycles. The summed E-state index contributed by atoms with van der Waals surface area (Å²) in [4.78, 5) is 23.4. The van der Waals surface area contributed by atoms with E-state index in [4.69, 9.17) is 9.84 Å². The summed E-state index contributed by atoms with van der Waals surface area (Å²) in [6.45, 7) is 0.00709. The van der Waals surface area contributed by atoms with Crippen LogP contribution in [0.3, 0.4) is 0 Å². The summed E-state index contributed by atoms with van der Waals surface area (Å²) in [5.74, 6) is 0.121. The summed E-state index contributed by atoms with van der Waals surface area (Å²) in [5, 5.41) is 9.17. The van der Waals surface area contributed by atoms with Crippen LogP contribution in [0, 0.1) is 0 Å². The molecular formula is C10H12N2O4. The van der Waals surface area contributed by atoms with Crippen molar-refractivity contribution in [3.63, 3.8) is 0 Å². The molecule has 1 aliphatic heterocycles. The molecule has 16 heavy (non-hydrogen) atoms. The number of aliphatic hydroxyl groups excluding tert-OH is 1. The van der Waals surface area contributed by atoms with Gasteiger partial charge in [0.1, 0.15) is 6.61 Å². The zero-order valence-electron chi connectivity index (χ0n) is 9.06. The Morgan fingerprint density at radius 3 is 2.69 bits per heavy atom. The fourth-order valence-electron chi connectivity index (χ4n) is 1.77. The number of rotatable bonds is 1. The van der Waals surface area contributed by atoms with Gasteiger partial charge in [0.15, 0.2) is 0 Å². The molecule has 0 bridgehead atoms. The minimum atomic E-state index is -0.475. The normalized spacial score (nSPS) is 14.1. The van der Waals surface area contributed by atoms with Gasteiger partial charge in [-0.2, -0.15) is 0 Å². The first-order valence-corrected chi connectivity index (χ1v) is 4.81. The monoisotopic (exact) mass is 224 g/mol. The van der Waals surface area contributed by atoms with Gasteiger partial charge in [-0.15, -0.1) is 0 Å². The van der Waals surface area contributed by atoms with Crippen LogP contribution in [-0.4, -0.2) is 27.5 Å². The van der Waals surface area contributed by atoms with Crippen LogP contribution in [0.5, 0.6) is 5.75 Å². The fourth-order valence-corrected chi connectivity index (χ4v) is 1.77. The van der Waals surface area contributed by atoms with Gasteiger partial charge in [-0.1, -0.05) is 0 Å². The third-order valence-corrected chi connectivity index (χ3v) is 2.66. The molecule has 0 saturated heterocycles. The van der Waals surface area contributed by atoms with E-state index in [-0.39, 0.29) is 19.0 Å². The lowest BCUT2D eigenvalue weighted by Gasteiger charge is -2.20. The Hall–Kier alpha value is -1.82. The van der Waals surface area contributed by atoms with E-state index < -0.39 is 11.2 Å². The van der Waals surface area contributed by atoms with Gasteiger partial charge in [-0.05, 0) is 6.08 Å². The Morgan fingerprint density at radius 1 is 1.38 bits per heavy atom. The molecule has 0 aromatic carbocycles. The zero-order valence-corrected chi connectivity index (χ0v) is 9.06. The van der Waals surface area contributed by atoms with Crippen molar-refractivity contribution < 1.29 is 9.84 Å². The number of fused-ring (bicyclic) bond motifs is 1. The molecule has 0 spiro atoms. The third kappa shape index (κ3) is 1.30. The smallest absolute Gasteiger partial charge is 0.331 e. The number of hydrogen-bond donors (Lipinski definition) is 1. The molecule has 1 aromatic heterocycles. The van der Waals surface area contributed by atoms with Gasteiger partial charge in [0.25, 0.3) is 5.56 Å². The van der Waals surface area contributed by atoms with Gasteiger partial charge in [0.05, 0.1) is 12.3 Å². The summed E-state index contributed by atoms with van der Waals surface area (Å²) in [5.41, 5.74) is -0.00819. The molecule has 1 N–H and O–H groups in total. The van der Waals surface area contributed by atoms with Crippen LogP contribution in [-0.2, 0) is 14.1 Å². The highest BCUT2D eigenvalue weighted by atomic mass is 16.5. The van der Waals surface area contributed by atoms with E-state index >= 15 is 0 Å². The largest absolute Gasteiger partial charge is 0.482 e. The Morgan fingerprint density at radius 2 is 2.06 bits per heavy atom. The first-order valence-electron chi connectivity index (χ1n) is 4.81. The molecule has 0 fully saturated rings. The first kappa shape index (κ1) is 10.7. The van der Waals surface area contributed by atoms with E-state index in [1.165, 1.54) is 11.6 Å². The second kappa shape index (κ2) is 3.64. The topological polar surface area (TPSA) is 73.5 Å². The van der Waals surface area contributed by atoms with Gasteiger partial charge >= 0.3 is 5.69 Å². The molecule has 2 heterocycles. The quantitative estimate of drug-likeness (QED) is 0.654. The second-order valence-electron chi connectivity index (χ2n) is 3.58. The van der Waals surface area contributed by atoms with Crippen molar-refractivity contribution in [2.45, 2.75) is 0 Å². The van der Waals surface area contributed by atoms with E-state index in [1.54, 1.807) is 13.1 Å². The van der Waals surface area contributed by atoms with Crippen molar-refractivity contribution in [2.24, 2.45) is 14.1 Å². The summed E-state index contributed by atoms with van der Waals surface area (Å²) in [7, 11) is 2.93. The van der Waals surface area contributed by atoms with E-state index in [0.29, 0.717) is 11.3 Å². The predicted molar refractivity (Wildman–Crippen MR) is 57.5 cm³/mol. The van der Waals surface area contributed by atoms with Crippen molar-refractivity contribution in [3.05, 3.63) is 32.6 Å². The van der Waals surface area contributed by atoms with Crippen LogP contribution in [0.2, 0.25) is 0 Å². The van der Waals surface area contributed by atoms with Gasteiger partial charge in [0.2, 0.25) is 5.75 Å². The second-order valence-corrected chi connectivity index (χ2v) is 3.58. The molecular weight excluding hydrogens is 212 g/mol. The van der Waals surface area contributed by atoms with Crippen LogP contribution in [0.25, 0.3) is 5.57 Å². The van der Waals surface area contributed by atoms with Crippen LogP contribution < -0.4 is 16.0 Å². The molecule has 0 atom stereocenters. The number of aliphatic hydroxyl groups is 1. The molecule has 0 amide bonds. The number of hydrogen-bond acceptors (Lipinski definition) is 4. The van der Waals surface area contributed by atoms with Crippen molar-refractivity contribution in [2.75, 3.05) is 13.2 Å². The number of aromatic nitrogens is 2. The van der Waals surface area contributed by atoms with Crippen LogP contribution in [0.4, 0.5) is 0 Å². The van der Waals surface area contributed by atoms with Crippen LogP contribution in [0.1, 0.15) is 5.69 Å². The highest BCUT2D eigenvalue weighted by Gasteiger charge is 2.22. The summed E-state index contributed by atoms with van der Waals surface area (Å²) in [6, 6.07) is 0. The summed E-state index contributed by atoms with van der Waals surface area (Å²) in [6.07, 6.45) is 1.65. The average Bonchev–Trinajstić information content (AvgIpc) is 2.32. The molecule has 0 radical (unpaired) electrons. The standard InChI is InChI=1S/C10H12N2O4/c1-11-7-6(5-13)3-4-16-8(7)9(14)12(2)10(11)15/h3,13H,4-5H2,1-2H3. The maximum absolute atomic E-state index is 11.8. The molecule has 1 aromatic rings. The van der Waals surface area contributed by atoms with Gasteiger partial charge in [-0.25, -0.2) is 4.79 Å². The SMILES string of the molecule is Cn1c2c(c(=O)n(C)c1=O)OCC=C2CO. The molecule has 1 aliphatic rings. The van der Waals surface area contributed by atoms with E-state index in [1.807, 2.05) is 0 Å².